The normalized spacial score (nSPS) is 23.1. The van der Waals surface area contributed by atoms with Crippen LogP contribution >= 0.6 is 0 Å². The summed E-state index contributed by atoms with van der Waals surface area (Å²) in [6.07, 6.45) is 7.11. The van der Waals surface area contributed by atoms with E-state index < -0.39 is 0 Å². The van der Waals surface area contributed by atoms with Gasteiger partial charge in [0.15, 0.2) is 0 Å². The molecule has 1 saturated carbocycles. The minimum absolute atomic E-state index is 0.0575. The van der Waals surface area contributed by atoms with Crippen LogP contribution in [-0.4, -0.2) is 12.7 Å². The Hall–Kier alpha value is -0.0400. The first-order valence-corrected chi connectivity index (χ1v) is 5.63. The highest BCUT2D eigenvalue weighted by atomic mass is 16.5. The third-order valence-electron chi connectivity index (χ3n) is 3.98. The molecule has 1 aliphatic rings. The van der Waals surface area contributed by atoms with Gasteiger partial charge >= 0.3 is 0 Å². The Morgan fingerprint density at radius 3 is 2.15 bits per heavy atom. The summed E-state index contributed by atoms with van der Waals surface area (Å²) in [5, 5.41) is 0. The third-order valence-corrected chi connectivity index (χ3v) is 3.98. The van der Waals surface area contributed by atoms with E-state index >= 15 is 0 Å². The summed E-state index contributed by atoms with van der Waals surface area (Å²) in [5.74, 6) is 1.58. The zero-order valence-electron chi connectivity index (χ0n) is 9.60. The summed E-state index contributed by atoms with van der Waals surface area (Å²) in [4.78, 5) is 0. The lowest BCUT2D eigenvalue weighted by Gasteiger charge is -2.38. The van der Waals surface area contributed by atoms with Crippen LogP contribution in [0.2, 0.25) is 0 Å². The summed E-state index contributed by atoms with van der Waals surface area (Å²) < 4.78 is 5.55. The smallest absolute Gasteiger partial charge is 0.0650 e. The zero-order valence-corrected chi connectivity index (χ0v) is 9.60. The fourth-order valence-corrected chi connectivity index (χ4v) is 2.39. The van der Waals surface area contributed by atoms with E-state index in [1.807, 2.05) is 7.11 Å². The lowest BCUT2D eigenvalue weighted by atomic mass is 9.74. The van der Waals surface area contributed by atoms with Gasteiger partial charge in [-0.2, -0.15) is 0 Å². The van der Waals surface area contributed by atoms with Gasteiger partial charge in [-0.1, -0.05) is 39.0 Å². The Labute approximate surface area is 82.9 Å². The van der Waals surface area contributed by atoms with Gasteiger partial charge in [-0.25, -0.2) is 0 Å². The van der Waals surface area contributed by atoms with Crippen molar-refractivity contribution >= 4 is 0 Å². The highest BCUT2D eigenvalue weighted by Gasteiger charge is 2.32. The van der Waals surface area contributed by atoms with Crippen molar-refractivity contribution in [3.05, 3.63) is 0 Å². The minimum atomic E-state index is 0.0575. The summed E-state index contributed by atoms with van der Waals surface area (Å²) in [7, 11) is 1.83. The zero-order chi connectivity index (χ0) is 9.90. The van der Waals surface area contributed by atoms with Crippen molar-refractivity contribution in [2.75, 3.05) is 7.11 Å². The topological polar surface area (TPSA) is 9.23 Å². The van der Waals surface area contributed by atoms with Crippen LogP contribution in [0.1, 0.15) is 52.9 Å². The summed E-state index contributed by atoms with van der Waals surface area (Å²) in [6, 6.07) is 0. The summed E-state index contributed by atoms with van der Waals surface area (Å²) in [6.45, 7) is 6.78. The molecule has 1 heteroatoms. The van der Waals surface area contributed by atoms with Gasteiger partial charge in [0, 0.05) is 7.11 Å². The van der Waals surface area contributed by atoms with E-state index in [9.17, 15) is 0 Å². The van der Waals surface area contributed by atoms with Crippen molar-refractivity contribution in [1.82, 2.24) is 0 Å². The molecule has 0 spiro atoms. The molecule has 13 heavy (non-hydrogen) atoms. The maximum atomic E-state index is 5.55. The molecule has 78 valence electrons. The van der Waals surface area contributed by atoms with Crippen LogP contribution in [0.15, 0.2) is 0 Å². The second-order valence-electron chi connectivity index (χ2n) is 4.99. The fraction of sp³-hybridized carbons (Fsp3) is 1.00. The Balaban J connectivity index is 2.49. The molecule has 1 fully saturated rings. The molecule has 0 heterocycles. The van der Waals surface area contributed by atoms with Gasteiger partial charge in [-0.3, -0.25) is 0 Å². The van der Waals surface area contributed by atoms with Crippen molar-refractivity contribution < 1.29 is 4.74 Å². The molecule has 0 aromatic heterocycles. The highest BCUT2D eigenvalue weighted by molar-refractivity contribution is 4.83. The molecule has 0 bridgehead atoms. The molecule has 0 N–H and O–H groups in total. The highest BCUT2D eigenvalue weighted by Crippen LogP contribution is 2.36. The van der Waals surface area contributed by atoms with Crippen molar-refractivity contribution in [3.8, 4) is 0 Å². The molecule has 1 unspecified atom stereocenters. The molecule has 0 saturated heterocycles. The molecule has 0 amide bonds. The fourth-order valence-electron chi connectivity index (χ4n) is 2.39. The minimum Gasteiger partial charge on any atom is -0.379 e. The quantitative estimate of drug-likeness (QED) is 0.651. The van der Waals surface area contributed by atoms with Gasteiger partial charge in [-0.05, 0) is 25.7 Å². The van der Waals surface area contributed by atoms with Crippen molar-refractivity contribution in [2.45, 2.75) is 58.5 Å². The van der Waals surface area contributed by atoms with Crippen molar-refractivity contribution in [2.24, 2.45) is 11.8 Å². The predicted molar refractivity (Wildman–Crippen MR) is 56.8 cm³/mol. The maximum Gasteiger partial charge on any atom is 0.0650 e. The first-order chi connectivity index (χ1) is 6.08. The standard InChI is InChI=1S/C12H24O/c1-10(12(2,3)13-4)11-8-6-5-7-9-11/h10-11H,5-9H2,1-4H3. The van der Waals surface area contributed by atoms with Gasteiger partial charge in [0.2, 0.25) is 0 Å². The molecule has 0 radical (unpaired) electrons. The molecule has 1 nitrogen and oxygen atoms in total. The van der Waals surface area contributed by atoms with E-state index in [1.54, 1.807) is 0 Å². The first-order valence-electron chi connectivity index (χ1n) is 5.63. The first kappa shape index (κ1) is 11.0. The average Bonchev–Trinajstić information content (AvgIpc) is 2.18. The van der Waals surface area contributed by atoms with Gasteiger partial charge in [0.1, 0.15) is 0 Å². The largest absolute Gasteiger partial charge is 0.379 e. The lowest BCUT2D eigenvalue weighted by Crippen LogP contribution is -2.37. The molecule has 0 aromatic carbocycles. The Morgan fingerprint density at radius 1 is 1.15 bits per heavy atom. The maximum absolute atomic E-state index is 5.55. The van der Waals surface area contributed by atoms with Crippen LogP contribution in [0.25, 0.3) is 0 Å². The van der Waals surface area contributed by atoms with Crippen LogP contribution in [-0.2, 0) is 4.74 Å². The van der Waals surface area contributed by atoms with Gasteiger partial charge in [0.25, 0.3) is 0 Å². The number of hydrogen-bond donors (Lipinski definition) is 0. The van der Waals surface area contributed by atoms with E-state index in [2.05, 4.69) is 20.8 Å². The molecule has 1 rings (SSSR count). The summed E-state index contributed by atoms with van der Waals surface area (Å²) in [5.41, 5.74) is 0.0575. The van der Waals surface area contributed by atoms with E-state index in [4.69, 9.17) is 4.74 Å². The van der Waals surface area contributed by atoms with Crippen LogP contribution < -0.4 is 0 Å². The van der Waals surface area contributed by atoms with Crippen LogP contribution in [0.4, 0.5) is 0 Å². The second kappa shape index (κ2) is 4.45. The number of methoxy groups -OCH3 is 1. The molecule has 0 aliphatic heterocycles. The van der Waals surface area contributed by atoms with Crippen LogP contribution in [0.5, 0.6) is 0 Å². The van der Waals surface area contributed by atoms with E-state index in [0.29, 0.717) is 5.92 Å². The molecule has 0 aromatic rings. The third kappa shape index (κ3) is 2.70. The number of hydrogen-bond acceptors (Lipinski definition) is 1. The lowest BCUT2D eigenvalue weighted by molar-refractivity contribution is -0.0474. The average molecular weight is 184 g/mol. The predicted octanol–water partition coefficient (Wildman–Crippen LogP) is 3.63. The second-order valence-corrected chi connectivity index (χ2v) is 4.99. The number of ether oxygens (including phenoxy) is 1. The van der Waals surface area contributed by atoms with Gasteiger partial charge in [-0.15, -0.1) is 0 Å². The molecule has 1 atom stereocenters. The van der Waals surface area contributed by atoms with Crippen molar-refractivity contribution in [1.29, 1.82) is 0 Å². The van der Waals surface area contributed by atoms with Crippen LogP contribution in [0, 0.1) is 11.8 Å². The summed E-state index contributed by atoms with van der Waals surface area (Å²) >= 11 is 0. The Bertz CT molecular complexity index is 145. The van der Waals surface area contributed by atoms with Crippen LogP contribution in [0.3, 0.4) is 0 Å². The van der Waals surface area contributed by atoms with Crippen molar-refractivity contribution in [3.63, 3.8) is 0 Å². The van der Waals surface area contributed by atoms with E-state index in [0.717, 1.165) is 5.92 Å². The van der Waals surface area contributed by atoms with Gasteiger partial charge in [0.05, 0.1) is 5.60 Å². The van der Waals surface area contributed by atoms with E-state index in [-0.39, 0.29) is 5.60 Å². The van der Waals surface area contributed by atoms with E-state index in [1.165, 1.54) is 32.1 Å². The molecule has 1 aliphatic carbocycles. The SMILES string of the molecule is COC(C)(C)C(C)C1CCCCC1. The molecular weight excluding hydrogens is 160 g/mol. The Morgan fingerprint density at radius 2 is 1.69 bits per heavy atom. The Kier molecular flexibility index (Phi) is 3.78. The number of rotatable bonds is 3. The monoisotopic (exact) mass is 184 g/mol. The van der Waals surface area contributed by atoms with Gasteiger partial charge < -0.3 is 4.74 Å². The molecular formula is C12H24O.